The average molecular weight is 451 g/mol. The molecule has 0 fully saturated rings. The van der Waals surface area contributed by atoms with Gasteiger partial charge in [0.15, 0.2) is 6.61 Å². The van der Waals surface area contributed by atoms with Gasteiger partial charge in [-0.2, -0.15) is 0 Å². The molecule has 156 valence electrons. The van der Waals surface area contributed by atoms with Crippen LogP contribution >= 0.6 is 22.9 Å². The summed E-state index contributed by atoms with van der Waals surface area (Å²) in [6.45, 7) is 2.00. The van der Waals surface area contributed by atoms with E-state index in [2.05, 4.69) is 4.98 Å². The van der Waals surface area contributed by atoms with Gasteiger partial charge in [-0.25, -0.2) is 9.78 Å². The topological polar surface area (TPSA) is 59.5 Å². The smallest absolute Gasteiger partial charge is 0.339 e. The number of hydrogen-bond acceptors (Lipinski definition) is 5. The van der Waals surface area contributed by atoms with Crippen molar-refractivity contribution in [3.05, 3.63) is 82.7 Å². The van der Waals surface area contributed by atoms with Crippen molar-refractivity contribution >= 4 is 51.4 Å². The van der Waals surface area contributed by atoms with Crippen molar-refractivity contribution in [3.8, 4) is 10.6 Å². The molecule has 0 aliphatic rings. The first-order valence-electron chi connectivity index (χ1n) is 9.75. The zero-order valence-electron chi connectivity index (χ0n) is 16.7. The summed E-state index contributed by atoms with van der Waals surface area (Å²) in [6.07, 6.45) is 0. The highest BCUT2D eigenvalue weighted by Gasteiger charge is 2.19. The quantitative estimate of drug-likeness (QED) is 0.347. The molecule has 31 heavy (non-hydrogen) atoms. The van der Waals surface area contributed by atoms with Crippen molar-refractivity contribution in [3.63, 3.8) is 0 Å². The number of hydrogen-bond donors (Lipinski definition) is 0. The van der Waals surface area contributed by atoms with Gasteiger partial charge in [-0.1, -0.05) is 48.0 Å². The lowest BCUT2D eigenvalue weighted by atomic mass is 10.1. The second-order valence-corrected chi connectivity index (χ2v) is 8.44. The van der Waals surface area contributed by atoms with Crippen LogP contribution in [0.5, 0.6) is 0 Å². The van der Waals surface area contributed by atoms with Gasteiger partial charge in [0.2, 0.25) is 0 Å². The molecule has 2 aromatic heterocycles. The molecule has 4 aromatic rings. The zero-order valence-corrected chi connectivity index (χ0v) is 18.3. The van der Waals surface area contributed by atoms with Gasteiger partial charge in [0.1, 0.15) is 0 Å². The summed E-state index contributed by atoms with van der Waals surface area (Å²) in [5, 5.41) is 0.668. The molecule has 2 heterocycles. The van der Waals surface area contributed by atoms with Gasteiger partial charge >= 0.3 is 5.97 Å². The number of amides is 1. The molecule has 4 rings (SSSR count). The fraction of sp³-hybridized carbons (Fsp3) is 0.125. The Kier molecular flexibility index (Phi) is 6.30. The van der Waals surface area contributed by atoms with Crippen molar-refractivity contribution in [1.29, 1.82) is 0 Å². The SMILES string of the molecule is CCN(C(=O)COC(=O)c1cc(-c2ccc(Cl)s2)nc2ccccc12)c1ccccc1. The third-order valence-electron chi connectivity index (χ3n) is 4.77. The third-order valence-corrected chi connectivity index (χ3v) is 6.03. The van der Waals surface area contributed by atoms with Crippen LogP contribution in [0, 0.1) is 0 Å². The normalized spacial score (nSPS) is 10.8. The lowest BCUT2D eigenvalue weighted by molar-refractivity contribution is -0.121. The molecule has 0 radical (unpaired) electrons. The van der Waals surface area contributed by atoms with E-state index in [1.807, 2.05) is 67.6 Å². The van der Waals surface area contributed by atoms with Crippen molar-refractivity contribution in [2.75, 3.05) is 18.1 Å². The molecule has 7 heteroatoms. The molecule has 0 spiro atoms. The molecule has 2 aromatic carbocycles. The molecule has 0 saturated carbocycles. The zero-order chi connectivity index (χ0) is 21.8. The minimum absolute atomic E-state index is 0.286. The highest BCUT2D eigenvalue weighted by Crippen LogP contribution is 2.32. The van der Waals surface area contributed by atoms with Crippen molar-refractivity contribution in [1.82, 2.24) is 4.98 Å². The number of likely N-dealkylation sites (N-methyl/N-ethyl adjacent to an activating group) is 1. The average Bonchev–Trinajstić information content (AvgIpc) is 3.24. The second kappa shape index (κ2) is 9.29. The lowest BCUT2D eigenvalue weighted by Crippen LogP contribution is -2.34. The van der Waals surface area contributed by atoms with Crippen LogP contribution in [0.4, 0.5) is 5.69 Å². The molecule has 0 bridgehead atoms. The first-order chi connectivity index (χ1) is 15.1. The molecule has 0 unspecified atom stereocenters. The van der Waals surface area contributed by atoms with E-state index in [0.29, 0.717) is 33.0 Å². The van der Waals surface area contributed by atoms with Crippen LogP contribution in [0.25, 0.3) is 21.5 Å². The molecule has 5 nitrogen and oxygen atoms in total. The molecule has 0 N–H and O–H groups in total. The number of rotatable bonds is 6. The first-order valence-corrected chi connectivity index (χ1v) is 10.9. The second-order valence-electron chi connectivity index (χ2n) is 6.73. The van der Waals surface area contributed by atoms with Crippen LogP contribution in [0.2, 0.25) is 4.34 Å². The van der Waals surface area contributed by atoms with E-state index in [1.54, 1.807) is 17.0 Å². The van der Waals surface area contributed by atoms with Gasteiger partial charge in [-0.15, -0.1) is 11.3 Å². The Balaban J connectivity index is 1.59. The van der Waals surface area contributed by atoms with Crippen LogP contribution in [-0.2, 0) is 9.53 Å². The van der Waals surface area contributed by atoms with Crippen LogP contribution < -0.4 is 4.90 Å². The Morgan fingerprint density at radius 2 is 1.77 bits per heavy atom. The fourth-order valence-corrected chi connectivity index (χ4v) is 4.32. The summed E-state index contributed by atoms with van der Waals surface area (Å²) in [6, 6.07) is 22.0. The van der Waals surface area contributed by atoms with E-state index < -0.39 is 5.97 Å². The number of esters is 1. The third kappa shape index (κ3) is 4.60. The van der Waals surface area contributed by atoms with Crippen molar-refractivity contribution < 1.29 is 14.3 Å². The van der Waals surface area contributed by atoms with Crippen LogP contribution in [0.15, 0.2) is 72.8 Å². The highest BCUT2D eigenvalue weighted by atomic mass is 35.5. The number of carbonyl (C=O) groups is 2. The minimum atomic E-state index is -0.569. The molecular weight excluding hydrogens is 432 g/mol. The summed E-state index contributed by atoms with van der Waals surface area (Å²) in [5.74, 6) is -0.856. The number of fused-ring (bicyclic) bond motifs is 1. The molecule has 0 aliphatic heterocycles. The largest absolute Gasteiger partial charge is 0.452 e. The Bertz CT molecular complexity index is 1240. The van der Waals surface area contributed by atoms with Crippen LogP contribution in [-0.4, -0.2) is 30.0 Å². The maximum atomic E-state index is 13.0. The van der Waals surface area contributed by atoms with Crippen molar-refractivity contribution in [2.45, 2.75) is 6.92 Å². The van der Waals surface area contributed by atoms with Gasteiger partial charge in [-0.3, -0.25) is 4.79 Å². The van der Waals surface area contributed by atoms with E-state index >= 15 is 0 Å². The molecule has 1 amide bonds. The maximum absolute atomic E-state index is 13.0. The van der Waals surface area contributed by atoms with Gasteiger partial charge in [0, 0.05) is 17.6 Å². The van der Waals surface area contributed by atoms with E-state index in [4.69, 9.17) is 16.3 Å². The van der Waals surface area contributed by atoms with E-state index in [0.717, 1.165) is 10.6 Å². The van der Waals surface area contributed by atoms with Gasteiger partial charge in [0.05, 0.1) is 26.0 Å². The van der Waals surface area contributed by atoms with E-state index in [9.17, 15) is 9.59 Å². The predicted octanol–water partition coefficient (Wildman–Crippen LogP) is 5.83. The fourth-order valence-electron chi connectivity index (χ4n) is 3.32. The molecular formula is C24H19ClN2O3S. The van der Waals surface area contributed by atoms with Gasteiger partial charge in [-0.05, 0) is 43.3 Å². The number of pyridine rings is 1. The minimum Gasteiger partial charge on any atom is -0.452 e. The monoisotopic (exact) mass is 450 g/mol. The lowest BCUT2D eigenvalue weighted by Gasteiger charge is -2.20. The molecule has 0 saturated heterocycles. The Morgan fingerprint density at radius 3 is 2.48 bits per heavy atom. The van der Waals surface area contributed by atoms with Crippen LogP contribution in [0.3, 0.4) is 0 Å². The Morgan fingerprint density at radius 1 is 1.03 bits per heavy atom. The number of ether oxygens (including phenoxy) is 1. The predicted molar refractivity (Wildman–Crippen MR) is 125 cm³/mol. The Labute approximate surface area is 188 Å². The number of anilines is 1. The van der Waals surface area contributed by atoms with E-state index in [-0.39, 0.29) is 12.5 Å². The number of aromatic nitrogens is 1. The van der Waals surface area contributed by atoms with E-state index in [1.165, 1.54) is 11.3 Å². The number of para-hydroxylation sites is 2. The molecule has 0 aliphatic carbocycles. The van der Waals surface area contributed by atoms with Gasteiger partial charge in [0.25, 0.3) is 5.91 Å². The Hall–Kier alpha value is -3.22. The maximum Gasteiger partial charge on any atom is 0.339 e. The summed E-state index contributed by atoms with van der Waals surface area (Å²) in [4.78, 5) is 32.7. The van der Waals surface area contributed by atoms with Gasteiger partial charge < -0.3 is 9.64 Å². The first kappa shape index (κ1) is 21.0. The number of halogens is 1. The van der Waals surface area contributed by atoms with Crippen LogP contribution in [0.1, 0.15) is 17.3 Å². The number of benzene rings is 2. The summed E-state index contributed by atoms with van der Waals surface area (Å²) in [7, 11) is 0. The number of nitrogens with zero attached hydrogens (tertiary/aromatic N) is 2. The van der Waals surface area contributed by atoms with Crippen molar-refractivity contribution in [2.24, 2.45) is 0 Å². The molecule has 0 atom stereocenters. The number of thiophene rings is 1. The number of carbonyl (C=O) groups excluding carboxylic acids is 2. The summed E-state index contributed by atoms with van der Waals surface area (Å²) in [5.41, 5.74) is 2.42. The summed E-state index contributed by atoms with van der Waals surface area (Å²) >= 11 is 7.45. The highest BCUT2D eigenvalue weighted by molar-refractivity contribution is 7.19. The standard InChI is InChI=1S/C24H19ClN2O3S/c1-2-27(16-8-4-3-5-9-16)23(28)15-30-24(29)18-14-20(21-12-13-22(25)31-21)26-19-11-7-6-10-17(18)19/h3-14H,2,15H2,1H3. The summed E-state index contributed by atoms with van der Waals surface area (Å²) < 4.78 is 6.06.